The summed E-state index contributed by atoms with van der Waals surface area (Å²) in [5.41, 5.74) is -0.800. The molecule has 2 N–H and O–H groups in total. The van der Waals surface area contributed by atoms with Gasteiger partial charge in [-0.3, -0.25) is 14.9 Å². The van der Waals surface area contributed by atoms with Crippen LogP contribution in [0.2, 0.25) is 0 Å². The predicted octanol–water partition coefficient (Wildman–Crippen LogP) is 1.94. The van der Waals surface area contributed by atoms with E-state index >= 15 is 0 Å². The fourth-order valence-electron chi connectivity index (χ4n) is 2.30. The Morgan fingerprint density at radius 3 is 2.48 bits per heavy atom. The lowest BCUT2D eigenvalue weighted by Crippen LogP contribution is -2.42. The lowest BCUT2D eigenvalue weighted by Gasteiger charge is -2.29. The Hall–Kier alpha value is -1.50. The van der Waals surface area contributed by atoms with E-state index < -0.39 is 5.41 Å². The van der Waals surface area contributed by atoms with Crippen molar-refractivity contribution >= 4 is 28.3 Å². The molecule has 2 rings (SSSR count). The molecule has 2 heterocycles. The van der Waals surface area contributed by atoms with Gasteiger partial charge in [0.15, 0.2) is 0 Å². The third kappa shape index (κ3) is 3.07. The van der Waals surface area contributed by atoms with E-state index in [1.54, 1.807) is 0 Å². The van der Waals surface area contributed by atoms with Gasteiger partial charge in [0.25, 0.3) is 0 Å². The Morgan fingerprint density at radius 2 is 2.05 bits per heavy atom. The van der Waals surface area contributed by atoms with Crippen molar-refractivity contribution in [3.63, 3.8) is 0 Å². The molecule has 1 aromatic heterocycles. The minimum Gasteiger partial charge on any atom is -0.355 e. The number of hydrogen-bond acceptors (Lipinski definition) is 5. The van der Waals surface area contributed by atoms with E-state index in [0.717, 1.165) is 5.01 Å². The van der Waals surface area contributed by atoms with Crippen molar-refractivity contribution in [3.05, 3.63) is 5.01 Å². The molecule has 0 bridgehead atoms. The van der Waals surface area contributed by atoms with Gasteiger partial charge in [0, 0.05) is 18.4 Å². The van der Waals surface area contributed by atoms with Gasteiger partial charge in [-0.1, -0.05) is 46.0 Å². The van der Waals surface area contributed by atoms with Gasteiger partial charge in [-0.15, -0.1) is 10.2 Å². The molecule has 1 atom stereocenters. The standard InChI is InChI=1S/C14H22N4O2S/c1-8(2)14(6-9(19)15-7-14)10(20)16-12-18-17-11(21-12)13(3,4)5/h8H,6-7H2,1-5H3,(H,15,19)(H,16,18,20). The van der Waals surface area contributed by atoms with Crippen LogP contribution < -0.4 is 10.6 Å². The lowest BCUT2D eigenvalue weighted by atomic mass is 9.75. The molecule has 0 saturated carbocycles. The number of rotatable bonds is 3. The highest BCUT2D eigenvalue weighted by molar-refractivity contribution is 7.15. The first-order chi connectivity index (χ1) is 9.65. The minimum atomic E-state index is -0.704. The number of nitrogens with one attached hydrogen (secondary N) is 2. The van der Waals surface area contributed by atoms with Crippen LogP contribution in [0.25, 0.3) is 0 Å². The number of hydrogen-bond donors (Lipinski definition) is 2. The monoisotopic (exact) mass is 310 g/mol. The summed E-state index contributed by atoms with van der Waals surface area (Å²) < 4.78 is 0. The summed E-state index contributed by atoms with van der Waals surface area (Å²) in [6, 6.07) is 0. The molecular weight excluding hydrogens is 288 g/mol. The molecule has 116 valence electrons. The molecule has 1 aromatic rings. The molecule has 1 unspecified atom stereocenters. The van der Waals surface area contributed by atoms with Gasteiger partial charge in [0.2, 0.25) is 16.9 Å². The lowest BCUT2D eigenvalue weighted by molar-refractivity contribution is -0.129. The number of carbonyl (C=O) groups excluding carboxylic acids is 2. The number of amides is 2. The van der Waals surface area contributed by atoms with Gasteiger partial charge >= 0.3 is 0 Å². The van der Waals surface area contributed by atoms with E-state index in [-0.39, 0.29) is 29.6 Å². The van der Waals surface area contributed by atoms with Crippen LogP contribution in [-0.4, -0.2) is 28.6 Å². The Bertz CT molecular complexity index is 562. The van der Waals surface area contributed by atoms with Crippen LogP contribution >= 0.6 is 11.3 Å². The average Bonchev–Trinajstić information content (AvgIpc) is 2.95. The predicted molar refractivity (Wildman–Crippen MR) is 82.1 cm³/mol. The highest BCUT2D eigenvalue weighted by Crippen LogP contribution is 2.36. The quantitative estimate of drug-likeness (QED) is 0.893. The van der Waals surface area contributed by atoms with Crippen LogP contribution in [-0.2, 0) is 15.0 Å². The van der Waals surface area contributed by atoms with E-state index in [0.29, 0.717) is 11.7 Å². The Labute approximate surface area is 128 Å². The maximum atomic E-state index is 12.6. The SMILES string of the molecule is CC(C)C1(C(=O)Nc2nnc(C(C)(C)C)s2)CNC(=O)C1. The van der Waals surface area contributed by atoms with E-state index in [9.17, 15) is 9.59 Å². The molecule has 0 spiro atoms. The number of aromatic nitrogens is 2. The number of nitrogens with zero attached hydrogens (tertiary/aromatic N) is 2. The zero-order chi connectivity index (χ0) is 15.8. The zero-order valence-corrected chi connectivity index (χ0v) is 13.9. The second-order valence-electron chi connectivity index (χ2n) is 6.88. The Balaban J connectivity index is 2.17. The maximum absolute atomic E-state index is 12.6. The third-order valence-electron chi connectivity index (χ3n) is 3.92. The molecule has 7 heteroatoms. The van der Waals surface area contributed by atoms with Crippen LogP contribution in [0.15, 0.2) is 0 Å². The summed E-state index contributed by atoms with van der Waals surface area (Å²) in [5.74, 6) is -0.176. The molecule has 1 fully saturated rings. The van der Waals surface area contributed by atoms with Crippen LogP contribution in [0.1, 0.15) is 46.0 Å². The molecule has 0 radical (unpaired) electrons. The summed E-state index contributed by atoms with van der Waals surface area (Å²) in [6.45, 7) is 10.4. The largest absolute Gasteiger partial charge is 0.355 e. The van der Waals surface area contributed by atoms with Gasteiger partial charge in [0.1, 0.15) is 5.01 Å². The maximum Gasteiger partial charge on any atom is 0.234 e. The normalized spacial score (nSPS) is 22.5. The topological polar surface area (TPSA) is 84.0 Å². The smallest absolute Gasteiger partial charge is 0.234 e. The molecule has 1 saturated heterocycles. The molecule has 2 amide bonds. The summed E-state index contributed by atoms with van der Waals surface area (Å²) >= 11 is 1.38. The van der Waals surface area contributed by atoms with E-state index in [1.807, 2.05) is 34.6 Å². The van der Waals surface area contributed by atoms with Crippen LogP contribution in [0.4, 0.5) is 5.13 Å². The molecule has 21 heavy (non-hydrogen) atoms. The first-order valence-corrected chi connectivity index (χ1v) is 7.89. The van der Waals surface area contributed by atoms with Crippen molar-refractivity contribution in [1.82, 2.24) is 15.5 Å². The van der Waals surface area contributed by atoms with Crippen LogP contribution in [0.3, 0.4) is 0 Å². The van der Waals surface area contributed by atoms with Crippen LogP contribution in [0, 0.1) is 11.3 Å². The first-order valence-electron chi connectivity index (χ1n) is 7.07. The minimum absolute atomic E-state index is 0.0615. The fraction of sp³-hybridized carbons (Fsp3) is 0.714. The first kappa shape index (κ1) is 15.9. The number of anilines is 1. The van der Waals surface area contributed by atoms with Crippen molar-refractivity contribution in [3.8, 4) is 0 Å². The van der Waals surface area contributed by atoms with Gasteiger partial charge in [-0.25, -0.2) is 0 Å². The van der Waals surface area contributed by atoms with E-state index in [4.69, 9.17) is 0 Å². The fourth-order valence-corrected chi connectivity index (χ4v) is 3.09. The molecule has 0 aliphatic carbocycles. The summed E-state index contributed by atoms with van der Waals surface area (Å²) in [4.78, 5) is 24.2. The molecule has 0 aromatic carbocycles. The van der Waals surface area contributed by atoms with Gasteiger partial charge < -0.3 is 5.32 Å². The highest BCUT2D eigenvalue weighted by Gasteiger charge is 2.47. The summed E-state index contributed by atoms with van der Waals surface area (Å²) in [5, 5.41) is 15.1. The van der Waals surface area contributed by atoms with Gasteiger partial charge in [0.05, 0.1) is 5.41 Å². The second-order valence-corrected chi connectivity index (χ2v) is 7.86. The molecule has 6 nitrogen and oxygen atoms in total. The average molecular weight is 310 g/mol. The van der Waals surface area contributed by atoms with Crippen molar-refractivity contribution < 1.29 is 9.59 Å². The second kappa shape index (κ2) is 5.36. The molecule has 1 aliphatic heterocycles. The van der Waals surface area contributed by atoms with Crippen molar-refractivity contribution in [2.24, 2.45) is 11.3 Å². The Morgan fingerprint density at radius 1 is 1.38 bits per heavy atom. The molecule has 1 aliphatic rings. The van der Waals surface area contributed by atoms with Gasteiger partial charge in [-0.05, 0) is 5.92 Å². The third-order valence-corrected chi connectivity index (χ3v) is 5.19. The van der Waals surface area contributed by atoms with E-state index in [1.165, 1.54) is 11.3 Å². The van der Waals surface area contributed by atoms with Crippen LogP contribution in [0.5, 0.6) is 0 Å². The highest BCUT2D eigenvalue weighted by atomic mass is 32.1. The zero-order valence-electron chi connectivity index (χ0n) is 13.1. The van der Waals surface area contributed by atoms with E-state index in [2.05, 4.69) is 20.8 Å². The number of carbonyl (C=O) groups is 2. The summed E-state index contributed by atoms with van der Waals surface area (Å²) in [6.07, 6.45) is 0.224. The Kier molecular flexibility index (Phi) is 4.06. The summed E-state index contributed by atoms with van der Waals surface area (Å²) in [7, 11) is 0. The van der Waals surface area contributed by atoms with Gasteiger partial charge in [-0.2, -0.15) is 0 Å². The van der Waals surface area contributed by atoms with Crippen molar-refractivity contribution in [1.29, 1.82) is 0 Å². The van der Waals surface area contributed by atoms with Crippen molar-refractivity contribution in [2.75, 3.05) is 11.9 Å². The van der Waals surface area contributed by atoms with Crippen molar-refractivity contribution in [2.45, 2.75) is 46.5 Å². The molecular formula is C14H22N4O2S.